The molecule has 3 aromatic heterocycles. The number of hydrogen-bond acceptors (Lipinski definition) is 7. The van der Waals surface area contributed by atoms with Gasteiger partial charge >= 0.3 is 5.97 Å². The minimum absolute atomic E-state index is 0.146. The first-order chi connectivity index (χ1) is 11.9. The summed E-state index contributed by atoms with van der Waals surface area (Å²) >= 11 is 0. The van der Waals surface area contributed by atoms with E-state index in [0.717, 1.165) is 11.4 Å². The summed E-state index contributed by atoms with van der Waals surface area (Å²) in [7, 11) is 0. The Hall–Kier alpha value is -3.23. The van der Waals surface area contributed by atoms with E-state index in [0.29, 0.717) is 11.5 Å². The van der Waals surface area contributed by atoms with Gasteiger partial charge in [0.25, 0.3) is 17.5 Å². The molecule has 0 aliphatic carbocycles. The molecule has 1 N–H and O–H groups in total. The molecule has 9 heteroatoms. The molecule has 9 nitrogen and oxygen atoms in total. The highest BCUT2D eigenvalue weighted by atomic mass is 16.5. The minimum Gasteiger partial charge on any atom is -0.467 e. The van der Waals surface area contributed by atoms with Gasteiger partial charge in [0.2, 0.25) is 0 Å². The number of fused-ring (bicyclic) bond motifs is 1. The number of hydrogen-bond donors (Lipinski definition) is 1. The molecule has 0 aromatic carbocycles. The molecule has 130 valence electrons. The number of amides is 1. The Morgan fingerprint density at radius 1 is 1.36 bits per heavy atom. The fourth-order valence-corrected chi connectivity index (χ4v) is 2.25. The Bertz CT molecular complexity index is 916. The zero-order valence-electron chi connectivity index (χ0n) is 14.0. The summed E-state index contributed by atoms with van der Waals surface area (Å²) in [6.45, 7) is 5.34. The van der Waals surface area contributed by atoms with Crippen LogP contribution in [0.4, 0.5) is 0 Å². The predicted octanol–water partition coefficient (Wildman–Crippen LogP) is 1.20. The van der Waals surface area contributed by atoms with Crippen LogP contribution in [0, 0.1) is 13.8 Å². The fourth-order valence-electron chi connectivity index (χ4n) is 2.25. The SMILES string of the molecule is Cc1cc(C)n2nc(C(=O)O[C@@H](C)C(=O)NCc3ccco3)nc2n1. The second kappa shape index (κ2) is 6.71. The number of nitrogens with one attached hydrogen (secondary N) is 1. The van der Waals surface area contributed by atoms with Gasteiger partial charge in [-0.05, 0) is 39.0 Å². The first-order valence-electron chi connectivity index (χ1n) is 7.66. The summed E-state index contributed by atoms with van der Waals surface area (Å²) in [6.07, 6.45) is 0.516. The molecule has 3 rings (SSSR count). The Morgan fingerprint density at radius 3 is 2.88 bits per heavy atom. The molecule has 0 radical (unpaired) electrons. The maximum Gasteiger partial charge on any atom is 0.379 e. The second-order valence-electron chi connectivity index (χ2n) is 5.53. The lowest BCUT2D eigenvalue weighted by Gasteiger charge is -2.11. The number of carbonyl (C=O) groups excluding carboxylic acids is 2. The maximum atomic E-state index is 12.2. The van der Waals surface area contributed by atoms with E-state index >= 15 is 0 Å². The van der Waals surface area contributed by atoms with Gasteiger partial charge in [-0.3, -0.25) is 4.79 Å². The van der Waals surface area contributed by atoms with Crippen molar-refractivity contribution in [1.82, 2.24) is 24.9 Å². The summed E-state index contributed by atoms with van der Waals surface area (Å²) in [4.78, 5) is 32.4. The van der Waals surface area contributed by atoms with E-state index in [1.807, 2.05) is 19.9 Å². The van der Waals surface area contributed by atoms with Crippen molar-refractivity contribution in [3.8, 4) is 0 Å². The molecule has 0 spiro atoms. The summed E-state index contributed by atoms with van der Waals surface area (Å²) < 4.78 is 11.7. The third-order valence-electron chi connectivity index (χ3n) is 3.47. The average molecular weight is 343 g/mol. The smallest absolute Gasteiger partial charge is 0.379 e. The summed E-state index contributed by atoms with van der Waals surface area (Å²) in [6, 6.07) is 5.27. The topological polar surface area (TPSA) is 112 Å². The van der Waals surface area contributed by atoms with Crippen LogP contribution in [0.15, 0.2) is 28.9 Å². The summed E-state index contributed by atoms with van der Waals surface area (Å²) in [5, 5.41) is 6.69. The quantitative estimate of drug-likeness (QED) is 0.693. The Morgan fingerprint density at radius 2 is 2.16 bits per heavy atom. The van der Waals surface area contributed by atoms with Crippen LogP contribution in [0.25, 0.3) is 5.78 Å². The maximum absolute atomic E-state index is 12.2. The highest BCUT2D eigenvalue weighted by molar-refractivity contribution is 5.89. The van der Waals surface area contributed by atoms with E-state index in [9.17, 15) is 9.59 Å². The lowest BCUT2D eigenvalue weighted by Crippen LogP contribution is -2.35. The van der Waals surface area contributed by atoms with Gasteiger partial charge in [0.15, 0.2) is 6.10 Å². The Labute approximate surface area is 143 Å². The molecule has 0 aliphatic heterocycles. The van der Waals surface area contributed by atoms with Gasteiger partial charge in [-0.1, -0.05) is 0 Å². The second-order valence-corrected chi connectivity index (χ2v) is 5.53. The molecule has 0 saturated carbocycles. The fraction of sp³-hybridized carbons (Fsp3) is 0.312. The molecule has 0 fully saturated rings. The van der Waals surface area contributed by atoms with Crippen molar-refractivity contribution in [2.45, 2.75) is 33.4 Å². The minimum atomic E-state index is -0.995. The van der Waals surface area contributed by atoms with Gasteiger partial charge < -0.3 is 14.5 Å². The van der Waals surface area contributed by atoms with Crippen LogP contribution in [0.1, 0.15) is 34.7 Å². The molecular weight excluding hydrogens is 326 g/mol. The summed E-state index contributed by atoms with van der Waals surface area (Å²) in [5.41, 5.74) is 1.56. The monoisotopic (exact) mass is 343 g/mol. The van der Waals surface area contributed by atoms with Gasteiger partial charge in [-0.15, -0.1) is 5.10 Å². The standard InChI is InChI=1S/C16H17N5O4/c1-9-7-10(2)21-16(18-9)19-13(20-21)15(23)25-11(3)14(22)17-8-12-5-4-6-24-12/h4-7,11H,8H2,1-3H3,(H,17,22)/t11-/m0/s1. The molecule has 3 aromatic rings. The molecule has 0 bridgehead atoms. The number of carbonyl (C=O) groups is 2. The highest BCUT2D eigenvalue weighted by Crippen LogP contribution is 2.07. The van der Waals surface area contributed by atoms with Crippen molar-refractivity contribution >= 4 is 17.7 Å². The van der Waals surface area contributed by atoms with E-state index in [4.69, 9.17) is 9.15 Å². The van der Waals surface area contributed by atoms with E-state index in [1.165, 1.54) is 17.7 Å². The first-order valence-corrected chi connectivity index (χ1v) is 7.66. The average Bonchev–Trinajstić information content (AvgIpc) is 3.21. The lowest BCUT2D eigenvalue weighted by molar-refractivity contribution is -0.129. The molecule has 0 saturated heterocycles. The Balaban J connectivity index is 1.65. The van der Waals surface area contributed by atoms with E-state index in [2.05, 4.69) is 20.4 Å². The molecule has 1 amide bonds. The number of aryl methyl sites for hydroxylation is 2. The van der Waals surface area contributed by atoms with Crippen molar-refractivity contribution in [2.75, 3.05) is 0 Å². The van der Waals surface area contributed by atoms with E-state index in [1.54, 1.807) is 12.1 Å². The van der Waals surface area contributed by atoms with Crippen molar-refractivity contribution in [2.24, 2.45) is 0 Å². The van der Waals surface area contributed by atoms with Crippen LogP contribution in [0.3, 0.4) is 0 Å². The molecule has 0 aliphatic rings. The van der Waals surface area contributed by atoms with Crippen LogP contribution in [-0.2, 0) is 16.1 Å². The summed E-state index contributed by atoms with van der Waals surface area (Å²) in [5.74, 6) is -0.473. The van der Waals surface area contributed by atoms with Gasteiger partial charge in [-0.25, -0.2) is 14.3 Å². The normalized spacial score (nSPS) is 12.1. The van der Waals surface area contributed by atoms with Crippen LogP contribution in [0.2, 0.25) is 0 Å². The largest absolute Gasteiger partial charge is 0.467 e. The van der Waals surface area contributed by atoms with Gasteiger partial charge in [0.05, 0.1) is 12.8 Å². The van der Waals surface area contributed by atoms with Crippen LogP contribution >= 0.6 is 0 Å². The number of nitrogens with zero attached hydrogens (tertiary/aromatic N) is 4. The van der Waals surface area contributed by atoms with E-state index < -0.39 is 18.0 Å². The first kappa shape index (κ1) is 16.6. The molecular formula is C16H17N5O4. The predicted molar refractivity (Wildman–Crippen MR) is 85.7 cm³/mol. The van der Waals surface area contributed by atoms with Crippen molar-refractivity contribution in [3.63, 3.8) is 0 Å². The number of esters is 1. The lowest BCUT2D eigenvalue weighted by atomic mass is 10.3. The zero-order valence-corrected chi connectivity index (χ0v) is 14.0. The van der Waals surface area contributed by atoms with Crippen molar-refractivity contribution in [3.05, 3.63) is 47.4 Å². The van der Waals surface area contributed by atoms with Crippen molar-refractivity contribution < 1.29 is 18.7 Å². The third kappa shape index (κ3) is 3.65. The van der Waals surface area contributed by atoms with Crippen LogP contribution in [-0.4, -0.2) is 37.6 Å². The number of rotatable bonds is 5. The number of aromatic nitrogens is 4. The van der Waals surface area contributed by atoms with Gasteiger partial charge in [-0.2, -0.15) is 4.98 Å². The third-order valence-corrected chi connectivity index (χ3v) is 3.47. The highest BCUT2D eigenvalue weighted by Gasteiger charge is 2.22. The number of furan rings is 1. The van der Waals surface area contributed by atoms with Crippen LogP contribution in [0.5, 0.6) is 0 Å². The molecule has 1 atom stereocenters. The molecule has 25 heavy (non-hydrogen) atoms. The van der Waals surface area contributed by atoms with Crippen molar-refractivity contribution in [1.29, 1.82) is 0 Å². The molecule has 3 heterocycles. The zero-order chi connectivity index (χ0) is 18.0. The molecule has 0 unspecified atom stereocenters. The Kier molecular flexibility index (Phi) is 4.46. The van der Waals surface area contributed by atoms with Crippen LogP contribution < -0.4 is 5.32 Å². The van der Waals surface area contributed by atoms with Gasteiger partial charge in [0.1, 0.15) is 5.76 Å². The van der Waals surface area contributed by atoms with E-state index in [-0.39, 0.29) is 12.4 Å². The van der Waals surface area contributed by atoms with Gasteiger partial charge in [0, 0.05) is 11.4 Å². The number of ether oxygens (including phenoxy) is 1.